The molecule has 0 aliphatic carbocycles. The van der Waals surface area contributed by atoms with Gasteiger partial charge in [-0.3, -0.25) is 0 Å². The summed E-state index contributed by atoms with van der Waals surface area (Å²) in [6.45, 7) is 1.52. The van der Waals surface area contributed by atoms with Crippen molar-refractivity contribution in [2.75, 3.05) is 24.6 Å². The third-order valence-corrected chi connectivity index (χ3v) is 2.50. The Morgan fingerprint density at radius 3 is 3.00 bits per heavy atom. The van der Waals surface area contributed by atoms with E-state index >= 15 is 0 Å². The van der Waals surface area contributed by atoms with E-state index in [1.165, 1.54) is 5.54 Å². The van der Waals surface area contributed by atoms with Crippen molar-refractivity contribution < 1.29 is 0 Å². The third-order valence-electron chi connectivity index (χ3n) is 1.02. The molecule has 0 amide bonds. The lowest BCUT2D eigenvalue weighted by Gasteiger charge is -2.01. The molecule has 0 rings (SSSR count). The zero-order chi connectivity index (χ0) is 9.23. The van der Waals surface area contributed by atoms with Gasteiger partial charge in [-0.15, -0.1) is 18.2 Å². The van der Waals surface area contributed by atoms with Crippen molar-refractivity contribution in [1.29, 1.82) is 0 Å². The van der Waals surface area contributed by atoms with Crippen LogP contribution < -0.4 is 5.32 Å². The van der Waals surface area contributed by atoms with E-state index < -0.39 is 0 Å². The molecule has 0 bridgehead atoms. The summed E-state index contributed by atoms with van der Waals surface area (Å²) < 4.78 is 0. The summed E-state index contributed by atoms with van der Waals surface area (Å²) in [5, 5.41) is 3.74. The molecular weight excluding hydrogens is 213 g/mol. The number of halogens is 2. The van der Waals surface area contributed by atoms with Crippen molar-refractivity contribution in [2.24, 2.45) is 0 Å². The molecule has 1 N–H and O–H groups in total. The first-order valence-electron chi connectivity index (χ1n) is 3.48. The maximum absolute atomic E-state index is 5.63. The molecule has 0 saturated heterocycles. The van der Waals surface area contributed by atoms with Gasteiger partial charge in [0.15, 0.2) is 0 Å². The summed E-state index contributed by atoms with van der Waals surface area (Å²) in [7, 11) is 0. The first kappa shape index (κ1) is 12.2. The topological polar surface area (TPSA) is 12.0 Å². The van der Waals surface area contributed by atoms with Gasteiger partial charge in [-0.25, -0.2) is 0 Å². The van der Waals surface area contributed by atoms with Crippen LogP contribution in [0.15, 0.2) is 10.6 Å². The normalized spacial score (nSPS) is 11.2. The van der Waals surface area contributed by atoms with Crippen molar-refractivity contribution in [1.82, 2.24) is 5.32 Å². The molecule has 0 radical (unpaired) electrons. The van der Waals surface area contributed by atoms with Gasteiger partial charge in [0.05, 0.1) is 5.75 Å². The minimum absolute atomic E-state index is 0.624. The quantitative estimate of drug-likeness (QED) is 0.548. The number of nitrogens with one attached hydrogen (secondary N) is 1. The summed E-state index contributed by atoms with van der Waals surface area (Å²) in [6.07, 6.45) is 5.07. The zero-order valence-corrected chi connectivity index (χ0v) is 8.98. The largest absolute Gasteiger partial charge is 0.311 e. The molecule has 68 valence electrons. The average Bonchev–Trinajstić information content (AvgIpc) is 2.10. The maximum Gasteiger partial charge on any atom is 0.0545 e. The number of hydrogen-bond donors (Lipinski definition) is 1. The Labute approximate surface area is 87.9 Å². The highest BCUT2D eigenvalue weighted by Gasteiger charge is 1.90. The summed E-state index contributed by atoms with van der Waals surface area (Å²) in [4.78, 5) is 0. The number of hydrogen-bond acceptors (Lipinski definition) is 2. The number of rotatable bonds is 6. The molecule has 12 heavy (non-hydrogen) atoms. The predicted octanol–water partition coefficient (Wildman–Crippen LogP) is 2.26. The number of terminal acetylenes is 1. The fraction of sp³-hybridized carbons (Fsp3) is 0.500. The van der Waals surface area contributed by atoms with E-state index in [2.05, 4.69) is 11.2 Å². The van der Waals surface area contributed by atoms with Gasteiger partial charge in [0.25, 0.3) is 0 Å². The van der Waals surface area contributed by atoms with E-state index in [1.54, 1.807) is 11.8 Å². The molecule has 0 fully saturated rings. The monoisotopic (exact) mass is 223 g/mol. The third kappa shape index (κ3) is 8.29. The number of thioether (sulfide) groups is 1. The van der Waals surface area contributed by atoms with E-state index in [9.17, 15) is 0 Å². The second kappa shape index (κ2) is 9.28. The summed E-state index contributed by atoms with van der Waals surface area (Å²) in [5.41, 5.74) is 1.36. The van der Waals surface area contributed by atoms with Gasteiger partial charge in [-0.1, -0.05) is 29.1 Å². The van der Waals surface area contributed by atoms with Gasteiger partial charge in [-0.05, 0) is 0 Å². The minimum Gasteiger partial charge on any atom is -0.311 e. The van der Waals surface area contributed by atoms with Crippen molar-refractivity contribution in [3.8, 4) is 12.3 Å². The molecule has 0 aromatic carbocycles. The maximum atomic E-state index is 5.63. The molecule has 4 heteroatoms. The second-order valence-electron chi connectivity index (χ2n) is 1.99. The first-order chi connectivity index (χ1) is 5.81. The fourth-order valence-corrected chi connectivity index (χ4v) is 1.24. The standard InChI is InChI=1S/C8H11Cl2NS/c1-2-4-12-5-3-11-7-8(10)6-9/h1,6,11H,3-5,7H2/b8-6+. The Kier molecular flexibility index (Phi) is 9.43. The van der Waals surface area contributed by atoms with Crippen LogP contribution in [0.3, 0.4) is 0 Å². The highest BCUT2D eigenvalue weighted by Crippen LogP contribution is 2.00. The molecule has 0 aliphatic rings. The Morgan fingerprint density at radius 1 is 1.67 bits per heavy atom. The molecular formula is C8H11Cl2NS. The molecule has 0 saturated carbocycles. The van der Waals surface area contributed by atoms with Gasteiger partial charge in [0.2, 0.25) is 0 Å². The molecule has 0 unspecified atom stereocenters. The molecule has 0 heterocycles. The van der Waals surface area contributed by atoms with E-state index in [0.717, 1.165) is 18.1 Å². The summed E-state index contributed by atoms with van der Waals surface area (Å²) in [6, 6.07) is 0. The highest BCUT2D eigenvalue weighted by atomic mass is 35.5. The zero-order valence-electron chi connectivity index (χ0n) is 6.65. The SMILES string of the molecule is C#CCSCCNC/C(Cl)=C\Cl. The Hall–Kier alpha value is 0.190. The Bertz CT molecular complexity index is 174. The van der Waals surface area contributed by atoms with Crippen LogP contribution in [0, 0.1) is 12.3 Å². The van der Waals surface area contributed by atoms with Crippen molar-refractivity contribution in [3.05, 3.63) is 10.6 Å². The van der Waals surface area contributed by atoms with Gasteiger partial charge in [0, 0.05) is 29.4 Å². The molecule has 0 aromatic heterocycles. The van der Waals surface area contributed by atoms with Gasteiger partial charge in [0.1, 0.15) is 0 Å². The van der Waals surface area contributed by atoms with E-state index in [4.69, 9.17) is 29.6 Å². The van der Waals surface area contributed by atoms with Gasteiger partial charge < -0.3 is 5.32 Å². The lowest BCUT2D eigenvalue weighted by atomic mass is 10.6. The average molecular weight is 224 g/mol. The van der Waals surface area contributed by atoms with E-state index in [0.29, 0.717) is 11.6 Å². The van der Waals surface area contributed by atoms with Crippen LogP contribution in [0.2, 0.25) is 0 Å². The van der Waals surface area contributed by atoms with Gasteiger partial charge in [-0.2, -0.15) is 0 Å². The van der Waals surface area contributed by atoms with E-state index in [-0.39, 0.29) is 0 Å². The van der Waals surface area contributed by atoms with Crippen LogP contribution >= 0.6 is 35.0 Å². The summed E-state index contributed by atoms with van der Waals surface area (Å²) >= 11 is 12.7. The highest BCUT2D eigenvalue weighted by molar-refractivity contribution is 7.99. The molecule has 0 atom stereocenters. The Balaban J connectivity index is 3.07. The molecule has 0 aromatic rings. The van der Waals surface area contributed by atoms with E-state index in [1.807, 2.05) is 0 Å². The van der Waals surface area contributed by atoms with Crippen molar-refractivity contribution in [3.63, 3.8) is 0 Å². The van der Waals surface area contributed by atoms with Crippen molar-refractivity contribution >= 4 is 35.0 Å². The van der Waals surface area contributed by atoms with Crippen LogP contribution in [-0.2, 0) is 0 Å². The van der Waals surface area contributed by atoms with Crippen molar-refractivity contribution in [2.45, 2.75) is 0 Å². The van der Waals surface area contributed by atoms with Crippen LogP contribution in [0.5, 0.6) is 0 Å². The molecule has 0 spiro atoms. The fourth-order valence-electron chi connectivity index (χ4n) is 0.522. The molecule has 1 nitrogen and oxygen atoms in total. The molecule has 0 aliphatic heterocycles. The second-order valence-corrected chi connectivity index (χ2v) is 3.80. The van der Waals surface area contributed by atoms with Crippen LogP contribution in [0.25, 0.3) is 0 Å². The van der Waals surface area contributed by atoms with Crippen LogP contribution in [-0.4, -0.2) is 24.6 Å². The minimum atomic E-state index is 0.624. The lowest BCUT2D eigenvalue weighted by molar-refractivity contribution is 0.800. The smallest absolute Gasteiger partial charge is 0.0545 e. The van der Waals surface area contributed by atoms with Crippen LogP contribution in [0.1, 0.15) is 0 Å². The van der Waals surface area contributed by atoms with Crippen LogP contribution in [0.4, 0.5) is 0 Å². The van der Waals surface area contributed by atoms with Gasteiger partial charge >= 0.3 is 0 Å². The predicted molar refractivity (Wildman–Crippen MR) is 58.8 cm³/mol. The summed E-state index contributed by atoms with van der Waals surface area (Å²) in [5.74, 6) is 4.32. The first-order valence-corrected chi connectivity index (χ1v) is 5.45. The Morgan fingerprint density at radius 2 is 2.42 bits per heavy atom. The lowest BCUT2D eigenvalue weighted by Crippen LogP contribution is -2.18.